The fraction of sp³-hybridized carbons (Fsp3) is 0.333. The minimum absolute atomic E-state index is 0.00321. The SMILES string of the molecule is O=C(O)[C@@H]1CCC2=Nc3ccc([N+](=O)[O-])cc3CN21. The third kappa shape index (κ3) is 1.83. The maximum Gasteiger partial charge on any atom is 0.326 e. The van der Waals surface area contributed by atoms with Crippen LogP contribution in [0.1, 0.15) is 18.4 Å². The summed E-state index contributed by atoms with van der Waals surface area (Å²) in [5.41, 5.74) is 1.40. The molecule has 2 heterocycles. The number of carbonyl (C=O) groups is 1. The third-order valence-electron chi connectivity index (χ3n) is 3.50. The van der Waals surface area contributed by atoms with E-state index in [1.165, 1.54) is 12.1 Å². The number of benzene rings is 1. The number of rotatable bonds is 2. The summed E-state index contributed by atoms with van der Waals surface area (Å²) in [6, 6.07) is 3.92. The Morgan fingerprint density at radius 2 is 2.32 bits per heavy atom. The summed E-state index contributed by atoms with van der Waals surface area (Å²) in [4.78, 5) is 27.5. The van der Waals surface area contributed by atoms with Gasteiger partial charge < -0.3 is 10.0 Å². The molecule has 1 fully saturated rings. The van der Waals surface area contributed by atoms with Crippen LogP contribution < -0.4 is 0 Å². The van der Waals surface area contributed by atoms with Gasteiger partial charge in [-0.3, -0.25) is 10.1 Å². The lowest BCUT2D eigenvalue weighted by molar-refractivity contribution is -0.384. The molecule has 2 aliphatic heterocycles. The number of fused-ring (bicyclic) bond motifs is 2. The summed E-state index contributed by atoms with van der Waals surface area (Å²) in [6.07, 6.45) is 1.16. The van der Waals surface area contributed by atoms with Gasteiger partial charge in [0, 0.05) is 30.7 Å². The first-order valence-electron chi connectivity index (χ1n) is 5.90. The number of nitro groups is 1. The number of amidine groups is 1. The topological polar surface area (TPSA) is 96.0 Å². The second-order valence-corrected chi connectivity index (χ2v) is 4.62. The zero-order valence-corrected chi connectivity index (χ0v) is 9.94. The number of non-ortho nitro benzene ring substituents is 1. The molecule has 1 aromatic carbocycles. The summed E-state index contributed by atoms with van der Waals surface area (Å²) in [7, 11) is 0. The molecule has 19 heavy (non-hydrogen) atoms. The predicted octanol–water partition coefficient (Wildman–Crippen LogP) is 1.69. The highest BCUT2D eigenvalue weighted by molar-refractivity contribution is 5.93. The smallest absolute Gasteiger partial charge is 0.326 e. The van der Waals surface area contributed by atoms with Crippen LogP contribution in [0.3, 0.4) is 0 Å². The van der Waals surface area contributed by atoms with E-state index >= 15 is 0 Å². The van der Waals surface area contributed by atoms with Crippen molar-refractivity contribution in [1.29, 1.82) is 0 Å². The van der Waals surface area contributed by atoms with Crippen molar-refractivity contribution >= 4 is 23.2 Å². The summed E-state index contributed by atoms with van der Waals surface area (Å²) < 4.78 is 0. The molecule has 0 bridgehead atoms. The number of carboxylic acids is 1. The molecule has 7 heteroatoms. The number of hydrogen-bond donors (Lipinski definition) is 1. The van der Waals surface area contributed by atoms with Crippen molar-refractivity contribution < 1.29 is 14.8 Å². The highest BCUT2D eigenvalue weighted by Crippen LogP contribution is 2.34. The number of carboxylic acid groups (broad SMARTS) is 1. The van der Waals surface area contributed by atoms with Gasteiger partial charge in [-0.15, -0.1) is 0 Å². The van der Waals surface area contributed by atoms with Crippen molar-refractivity contribution in [3.63, 3.8) is 0 Å². The molecular weight excluding hydrogens is 250 g/mol. The van der Waals surface area contributed by atoms with Gasteiger partial charge in [-0.1, -0.05) is 0 Å². The van der Waals surface area contributed by atoms with Gasteiger partial charge in [0.05, 0.1) is 10.6 Å². The lowest BCUT2D eigenvalue weighted by Crippen LogP contribution is -2.39. The highest BCUT2D eigenvalue weighted by Gasteiger charge is 2.37. The summed E-state index contributed by atoms with van der Waals surface area (Å²) >= 11 is 0. The summed E-state index contributed by atoms with van der Waals surface area (Å²) in [5, 5.41) is 19.9. The Bertz CT molecular complexity index is 611. The van der Waals surface area contributed by atoms with Gasteiger partial charge in [0.1, 0.15) is 11.9 Å². The van der Waals surface area contributed by atoms with Crippen molar-refractivity contribution in [1.82, 2.24) is 4.90 Å². The Kier molecular flexibility index (Phi) is 2.48. The van der Waals surface area contributed by atoms with Crippen LogP contribution in [0.2, 0.25) is 0 Å². The summed E-state index contributed by atoms with van der Waals surface area (Å²) in [5.74, 6) is -0.118. The van der Waals surface area contributed by atoms with Crippen molar-refractivity contribution in [3.05, 3.63) is 33.9 Å². The summed E-state index contributed by atoms with van der Waals surface area (Å²) in [6.45, 7) is 0.368. The molecule has 0 aliphatic carbocycles. The monoisotopic (exact) mass is 261 g/mol. The van der Waals surface area contributed by atoms with E-state index in [4.69, 9.17) is 5.11 Å². The Balaban J connectivity index is 1.99. The Morgan fingerprint density at radius 3 is 3.00 bits per heavy atom. The molecule has 3 rings (SSSR count). The zero-order chi connectivity index (χ0) is 13.6. The normalized spacial score (nSPS) is 20.5. The number of aliphatic imine (C=N–C) groups is 1. The maximum atomic E-state index is 11.1. The van der Waals surface area contributed by atoms with Crippen molar-refractivity contribution in [2.75, 3.05) is 0 Å². The molecule has 0 amide bonds. The number of aliphatic carboxylic acids is 1. The third-order valence-corrected chi connectivity index (χ3v) is 3.50. The molecule has 0 saturated carbocycles. The second-order valence-electron chi connectivity index (χ2n) is 4.62. The molecule has 0 spiro atoms. The zero-order valence-electron chi connectivity index (χ0n) is 9.94. The first-order chi connectivity index (χ1) is 9.06. The Morgan fingerprint density at radius 1 is 1.53 bits per heavy atom. The number of hydrogen-bond acceptors (Lipinski definition) is 5. The van der Waals surface area contributed by atoms with Crippen molar-refractivity contribution in [2.24, 2.45) is 4.99 Å². The average molecular weight is 261 g/mol. The van der Waals surface area contributed by atoms with Crippen LogP contribution in [0.15, 0.2) is 23.2 Å². The van der Waals surface area contributed by atoms with Crippen LogP contribution in [0.4, 0.5) is 11.4 Å². The fourth-order valence-electron chi connectivity index (χ4n) is 2.57. The maximum absolute atomic E-state index is 11.1. The van der Waals surface area contributed by atoms with E-state index in [1.807, 2.05) is 0 Å². The number of nitrogens with zero attached hydrogens (tertiary/aromatic N) is 3. The largest absolute Gasteiger partial charge is 0.480 e. The van der Waals surface area contributed by atoms with Gasteiger partial charge in [0.2, 0.25) is 0 Å². The van der Waals surface area contributed by atoms with E-state index in [0.29, 0.717) is 30.6 Å². The van der Waals surface area contributed by atoms with Gasteiger partial charge in [-0.25, -0.2) is 9.79 Å². The molecule has 1 saturated heterocycles. The molecule has 98 valence electrons. The van der Waals surface area contributed by atoms with E-state index in [-0.39, 0.29) is 5.69 Å². The van der Waals surface area contributed by atoms with Crippen molar-refractivity contribution in [2.45, 2.75) is 25.4 Å². The van der Waals surface area contributed by atoms with Crippen molar-refractivity contribution in [3.8, 4) is 0 Å². The average Bonchev–Trinajstić information content (AvgIpc) is 2.78. The fourth-order valence-corrected chi connectivity index (χ4v) is 2.57. The van der Waals surface area contributed by atoms with Gasteiger partial charge in [0.15, 0.2) is 0 Å². The van der Waals surface area contributed by atoms with Gasteiger partial charge in [-0.2, -0.15) is 0 Å². The quantitative estimate of drug-likeness (QED) is 0.645. The van der Waals surface area contributed by atoms with E-state index < -0.39 is 16.9 Å². The van der Waals surface area contributed by atoms with Gasteiger partial charge >= 0.3 is 5.97 Å². The van der Waals surface area contributed by atoms with Gasteiger partial charge in [0.25, 0.3) is 5.69 Å². The van der Waals surface area contributed by atoms with E-state index in [0.717, 1.165) is 5.84 Å². The Hall–Kier alpha value is -2.44. The number of nitro benzene ring substituents is 1. The lowest BCUT2D eigenvalue weighted by Gasteiger charge is -2.28. The van der Waals surface area contributed by atoms with Crippen LogP contribution >= 0.6 is 0 Å². The molecule has 1 atom stereocenters. The molecule has 2 aliphatic rings. The first-order valence-corrected chi connectivity index (χ1v) is 5.90. The standard InChI is InChI=1S/C12H11N3O4/c16-12(17)10-3-4-11-13-9-2-1-8(15(18)19)5-7(9)6-14(10)11/h1-2,5,10H,3-4,6H2,(H,16,17)/t10-/m0/s1. The molecule has 7 nitrogen and oxygen atoms in total. The van der Waals surface area contributed by atoms with Crippen LogP contribution in [0.5, 0.6) is 0 Å². The van der Waals surface area contributed by atoms with Crippen LogP contribution in [0, 0.1) is 10.1 Å². The molecule has 1 N–H and O–H groups in total. The minimum atomic E-state index is -0.876. The molecule has 0 aromatic heterocycles. The minimum Gasteiger partial charge on any atom is -0.480 e. The molecule has 1 aromatic rings. The lowest BCUT2D eigenvalue weighted by atomic mass is 10.1. The van der Waals surface area contributed by atoms with Crippen LogP contribution in [-0.4, -0.2) is 32.8 Å². The molecular formula is C12H11N3O4. The molecule has 0 unspecified atom stereocenters. The first kappa shape index (κ1) is 11.6. The van der Waals surface area contributed by atoms with Crippen LogP contribution in [-0.2, 0) is 11.3 Å². The van der Waals surface area contributed by atoms with E-state index in [9.17, 15) is 14.9 Å². The van der Waals surface area contributed by atoms with E-state index in [2.05, 4.69) is 4.99 Å². The highest BCUT2D eigenvalue weighted by atomic mass is 16.6. The predicted molar refractivity (Wildman–Crippen MR) is 66.4 cm³/mol. The van der Waals surface area contributed by atoms with E-state index in [1.54, 1.807) is 11.0 Å². The van der Waals surface area contributed by atoms with Gasteiger partial charge in [-0.05, 0) is 12.5 Å². The molecule has 0 radical (unpaired) electrons. The second kappa shape index (κ2) is 4.04. The van der Waals surface area contributed by atoms with Crippen LogP contribution in [0.25, 0.3) is 0 Å². The Labute approximate surface area is 108 Å².